The Hall–Kier alpha value is -2.32. The van der Waals surface area contributed by atoms with Gasteiger partial charge in [-0.3, -0.25) is 0 Å². The van der Waals surface area contributed by atoms with Gasteiger partial charge in [-0.1, -0.05) is 36.4 Å². The Morgan fingerprint density at radius 1 is 0.828 bits per heavy atom. The Morgan fingerprint density at radius 2 is 1.48 bits per heavy atom. The van der Waals surface area contributed by atoms with E-state index in [1.54, 1.807) is 14.2 Å². The lowest BCUT2D eigenvalue weighted by Crippen LogP contribution is -2.01. The second kappa shape index (κ2) is 8.59. The normalized spacial score (nSPS) is 10.8. The van der Waals surface area contributed by atoms with E-state index in [1.807, 2.05) is 65.5 Å². The summed E-state index contributed by atoms with van der Waals surface area (Å²) in [6, 6.07) is 22.3. The van der Waals surface area contributed by atoms with Crippen LogP contribution in [0.2, 0.25) is 0 Å². The molecule has 0 amide bonds. The van der Waals surface area contributed by atoms with Crippen molar-refractivity contribution in [3.8, 4) is 39.6 Å². The van der Waals surface area contributed by atoms with Gasteiger partial charge in [-0.25, -0.2) is 4.68 Å². The fraction of sp³-hybridized carbons (Fsp3) is 0.0870. The van der Waals surface area contributed by atoms with Crippen LogP contribution in [0.3, 0.4) is 0 Å². The monoisotopic (exact) mass is 560 g/mol. The third-order valence-corrected chi connectivity index (χ3v) is 6.26. The Bertz CT molecular complexity index is 1160. The number of ether oxygens (including phenoxy) is 2. The lowest BCUT2D eigenvalue weighted by Gasteiger charge is -2.15. The molecule has 0 unspecified atom stereocenters. The van der Waals surface area contributed by atoms with Gasteiger partial charge in [-0.2, -0.15) is 5.10 Å². The van der Waals surface area contributed by atoms with Crippen molar-refractivity contribution in [3.05, 3.63) is 81.0 Å². The third-order valence-electron chi connectivity index (χ3n) is 4.66. The predicted octanol–water partition coefficient (Wildman–Crippen LogP) is 6.59. The van der Waals surface area contributed by atoms with E-state index in [0.29, 0.717) is 11.5 Å². The fourth-order valence-corrected chi connectivity index (χ4v) is 4.47. The second-order valence-electron chi connectivity index (χ2n) is 6.32. The minimum absolute atomic E-state index is 0.667. The molecule has 146 valence electrons. The summed E-state index contributed by atoms with van der Waals surface area (Å²) in [5.74, 6) is 1.34. The molecule has 4 nitrogen and oxygen atoms in total. The van der Waals surface area contributed by atoms with Crippen molar-refractivity contribution in [1.82, 2.24) is 9.78 Å². The van der Waals surface area contributed by atoms with E-state index in [4.69, 9.17) is 14.6 Å². The summed E-state index contributed by atoms with van der Waals surface area (Å²) in [6.45, 7) is 0. The quantitative estimate of drug-likeness (QED) is 0.258. The lowest BCUT2D eigenvalue weighted by atomic mass is 10.0. The van der Waals surface area contributed by atoms with Crippen molar-refractivity contribution in [2.45, 2.75) is 0 Å². The van der Waals surface area contributed by atoms with Crippen LogP contribution in [0.25, 0.3) is 28.1 Å². The molecule has 4 rings (SSSR count). The minimum atomic E-state index is 0.667. The van der Waals surface area contributed by atoms with Crippen molar-refractivity contribution in [1.29, 1.82) is 0 Å². The topological polar surface area (TPSA) is 36.3 Å². The largest absolute Gasteiger partial charge is 0.493 e. The number of nitrogens with zero attached hydrogens (tertiary/aromatic N) is 2. The van der Waals surface area contributed by atoms with Crippen molar-refractivity contribution >= 4 is 38.5 Å². The maximum absolute atomic E-state index is 5.57. The average Bonchev–Trinajstić information content (AvgIpc) is 3.19. The van der Waals surface area contributed by atoms with Crippen LogP contribution in [-0.2, 0) is 0 Å². The van der Waals surface area contributed by atoms with Crippen LogP contribution < -0.4 is 9.47 Å². The molecule has 0 aliphatic carbocycles. The highest BCUT2D eigenvalue weighted by Gasteiger charge is 2.21. The summed E-state index contributed by atoms with van der Waals surface area (Å²) >= 11 is 6.09. The van der Waals surface area contributed by atoms with Crippen LogP contribution >= 0.6 is 38.5 Å². The molecule has 1 aromatic heterocycles. The van der Waals surface area contributed by atoms with E-state index >= 15 is 0 Å². The Labute approximate surface area is 191 Å². The number of hydrogen-bond donors (Lipinski definition) is 0. The summed E-state index contributed by atoms with van der Waals surface area (Å²) in [6.07, 6.45) is 1.92. The summed E-state index contributed by atoms with van der Waals surface area (Å²) in [4.78, 5) is 0. The molecule has 0 saturated carbocycles. The van der Waals surface area contributed by atoms with Crippen molar-refractivity contribution in [3.63, 3.8) is 0 Å². The smallest absolute Gasteiger partial charge is 0.161 e. The maximum Gasteiger partial charge on any atom is 0.161 e. The van der Waals surface area contributed by atoms with Crippen molar-refractivity contribution in [2.24, 2.45) is 0 Å². The zero-order chi connectivity index (χ0) is 20.4. The summed E-state index contributed by atoms with van der Waals surface area (Å²) in [5.41, 5.74) is 5.12. The molecule has 0 saturated heterocycles. The lowest BCUT2D eigenvalue weighted by molar-refractivity contribution is 0.355. The summed E-state index contributed by atoms with van der Waals surface area (Å²) in [7, 11) is 3.28. The second-order valence-corrected chi connectivity index (χ2v) is 8.34. The highest BCUT2D eigenvalue weighted by Crippen LogP contribution is 2.43. The Morgan fingerprint density at radius 3 is 2.17 bits per heavy atom. The zero-order valence-electron chi connectivity index (χ0n) is 15.9. The van der Waals surface area contributed by atoms with E-state index in [-0.39, 0.29) is 0 Å². The zero-order valence-corrected chi connectivity index (χ0v) is 19.6. The number of rotatable bonds is 5. The van der Waals surface area contributed by atoms with Crippen LogP contribution in [0.15, 0.2) is 77.4 Å². The molecule has 0 atom stereocenters. The predicted molar refractivity (Wildman–Crippen MR) is 128 cm³/mol. The van der Waals surface area contributed by atoms with Crippen molar-refractivity contribution in [2.75, 3.05) is 14.2 Å². The number of halogens is 2. The van der Waals surface area contributed by atoms with Gasteiger partial charge in [0.15, 0.2) is 11.5 Å². The molecule has 0 fully saturated rings. The molecule has 0 aliphatic heterocycles. The van der Waals surface area contributed by atoms with Crippen LogP contribution in [0.4, 0.5) is 0 Å². The molecular weight excluding hydrogens is 543 g/mol. The van der Waals surface area contributed by atoms with Gasteiger partial charge in [0.25, 0.3) is 0 Å². The molecule has 0 radical (unpaired) electrons. The molecular formula is C23H18BrIN2O2. The van der Waals surface area contributed by atoms with Gasteiger partial charge >= 0.3 is 0 Å². The van der Waals surface area contributed by atoms with Gasteiger partial charge in [-0.05, 0) is 74.4 Å². The Kier molecular flexibility index (Phi) is 5.91. The van der Waals surface area contributed by atoms with E-state index in [1.165, 1.54) is 0 Å². The molecule has 0 N–H and O–H groups in total. The molecule has 0 bridgehead atoms. The molecule has 4 aromatic rings. The number of methoxy groups -OCH3 is 2. The SMILES string of the molecule is COc1cc(Br)c(-c2c(-c3ccccc3I)cnn2-c2ccccc2)cc1OC. The number of hydrogen-bond acceptors (Lipinski definition) is 3. The highest BCUT2D eigenvalue weighted by atomic mass is 127. The molecule has 29 heavy (non-hydrogen) atoms. The van der Waals surface area contributed by atoms with E-state index in [9.17, 15) is 0 Å². The molecule has 3 aromatic carbocycles. The van der Waals surface area contributed by atoms with Crippen LogP contribution in [0.5, 0.6) is 11.5 Å². The van der Waals surface area contributed by atoms with Gasteiger partial charge in [0.2, 0.25) is 0 Å². The molecule has 6 heteroatoms. The van der Waals surface area contributed by atoms with E-state index in [0.717, 1.165) is 36.1 Å². The summed E-state index contributed by atoms with van der Waals surface area (Å²) in [5, 5.41) is 4.74. The summed E-state index contributed by atoms with van der Waals surface area (Å²) < 4.78 is 15.1. The molecule has 0 spiro atoms. The third kappa shape index (κ3) is 3.79. The first-order valence-corrected chi connectivity index (χ1v) is 10.8. The fourth-order valence-electron chi connectivity index (χ4n) is 3.28. The van der Waals surface area contributed by atoms with E-state index in [2.05, 4.69) is 50.7 Å². The van der Waals surface area contributed by atoms with E-state index < -0.39 is 0 Å². The molecule has 0 aliphatic rings. The first kappa shape index (κ1) is 20.0. The standard InChI is InChI=1S/C23H18BrIN2O2/c1-28-21-12-17(19(24)13-22(21)29-2)23-18(16-10-6-7-11-20(16)25)14-26-27(23)15-8-4-3-5-9-15/h3-14H,1-2H3. The van der Waals surface area contributed by atoms with Crippen LogP contribution in [-0.4, -0.2) is 24.0 Å². The van der Waals surface area contributed by atoms with Crippen molar-refractivity contribution < 1.29 is 9.47 Å². The van der Waals surface area contributed by atoms with Gasteiger partial charge in [0.05, 0.1) is 31.8 Å². The van der Waals surface area contributed by atoms with Gasteiger partial charge < -0.3 is 9.47 Å². The van der Waals surface area contributed by atoms with Gasteiger partial charge in [0, 0.05) is 19.2 Å². The average molecular weight is 561 g/mol. The van der Waals surface area contributed by atoms with Crippen LogP contribution in [0.1, 0.15) is 0 Å². The number of para-hydroxylation sites is 1. The first-order chi connectivity index (χ1) is 14.1. The highest BCUT2D eigenvalue weighted by molar-refractivity contribution is 14.1. The first-order valence-electron chi connectivity index (χ1n) is 8.94. The number of aromatic nitrogens is 2. The van der Waals surface area contributed by atoms with Gasteiger partial charge in [0.1, 0.15) is 0 Å². The van der Waals surface area contributed by atoms with Crippen LogP contribution in [0, 0.1) is 3.57 Å². The van der Waals surface area contributed by atoms with Gasteiger partial charge in [-0.15, -0.1) is 0 Å². The number of benzene rings is 3. The maximum atomic E-state index is 5.57. The minimum Gasteiger partial charge on any atom is -0.493 e. The molecule has 1 heterocycles. The Balaban J connectivity index is 2.03.